The Hall–Kier alpha value is 0.399. The van der Waals surface area contributed by atoms with E-state index in [1.165, 1.54) is 89.9 Å². The molecule has 0 aromatic rings. The molecule has 1 aliphatic heterocycles. The molecule has 0 radical (unpaired) electrons. The van der Waals surface area contributed by atoms with Crippen LogP contribution >= 0.6 is 0 Å². The molecule has 3 nitrogen and oxygen atoms in total. The van der Waals surface area contributed by atoms with Gasteiger partial charge in [0.05, 0.1) is 0 Å². The molecule has 1 rings (SSSR count). The average molecular weight is 356 g/mol. The van der Waals surface area contributed by atoms with E-state index in [0.717, 1.165) is 6.42 Å². The minimum atomic E-state index is -1.21. The van der Waals surface area contributed by atoms with Crippen LogP contribution in [0.3, 0.4) is 0 Å². The van der Waals surface area contributed by atoms with E-state index in [4.69, 9.17) is 0 Å². The molecule has 0 aromatic heterocycles. The van der Waals surface area contributed by atoms with E-state index in [9.17, 15) is 5.11 Å². The fraction of sp³-hybridized carbons (Fsp3) is 1.00. The first-order valence-electron chi connectivity index (χ1n) is 9.36. The van der Waals surface area contributed by atoms with Gasteiger partial charge in [0.1, 0.15) is 0 Å². The Bertz CT molecular complexity index is 232. The maximum atomic E-state index is 9.29. The van der Waals surface area contributed by atoms with Crippen molar-refractivity contribution in [1.29, 1.82) is 0 Å². The molecule has 4 heteroatoms. The van der Waals surface area contributed by atoms with Crippen LogP contribution in [0.25, 0.3) is 0 Å². The number of hydrogen-bond acceptors (Lipinski definition) is 3. The van der Waals surface area contributed by atoms with Crippen molar-refractivity contribution in [2.45, 2.75) is 116 Å². The summed E-state index contributed by atoms with van der Waals surface area (Å²) in [4.78, 5) is 8.94. The molecule has 0 unspecified atom stereocenters. The monoisotopic (exact) mass is 356 g/mol. The summed E-state index contributed by atoms with van der Waals surface area (Å²) in [6, 6.07) is 0. The smallest absolute Gasteiger partial charge is 0.337 e. The van der Waals surface area contributed by atoms with Crippen molar-refractivity contribution >= 4 is 0 Å². The van der Waals surface area contributed by atoms with Crippen molar-refractivity contribution in [2.75, 3.05) is 0 Å². The summed E-state index contributed by atoms with van der Waals surface area (Å²) in [5, 5.41) is 9.29. The van der Waals surface area contributed by atoms with Gasteiger partial charge in [-0.3, -0.25) is 0 Å². The zero-order valence-electron chi connectivity index (χ0n) is 14.4. The van der Waals surface area contributed by atoms with Crippen molar-refractivity contribution in [1.82, 2.24) is 0 Å². The van der Waals surface area contributed by atoms with E-state index >= 15 is 0 Å². The molecular formula is C18H36FeO3. The Balaban J connectivity index is 0.00000441. The molecule has 0 saturated carbocycles. The van der Waals surface area contributed by atoms with Crippen molar-refractivity contribution in [2.24, 2.45) is 0 Å². The zero-order valence-corrected chi connectivity index (χ0v) is 15.5. The van der Waals surface area contributed by atoms with Crippen molar-refractivity contribution in [3.05, 3.63) is 0 Å². The minimum Gasteiger partial charge on any atom is -0.340 e. The maximum Gasteiger partial charge on any atom is 0.337 e. The predicted octanol–water partition coefficient (Wildman–Crippen LogP) is 5.85. The largest absolute Gasteiger partial charge is 0.340 e. The predicted molar refractivity (Wildman–Crippen MR) is 86.7 cm³/mol. The van der Waals surface area contributed by atoms with E-state index in [2.05, 4.69) is 16.7 Å². The maximum absolute atomic E-state index is 9.29. The van der Waals surface area contributed by atoms with Crippen molar-refractivity contribution in [3.63, 3.8) is 0 Å². The Labute approximate surface area is 147 Å². The molecule has 0 spiro atoms. The van der Waals surface area contributed by atoms with Crippen molar-refractivity contribution in [3.8, 4) is 0 Å². The molecule has 22 heavy (non-hydrogen) atoms. The van der Waals surface area contributed by atoms with Crippen LogP contribution in [0.2, 0.25) is 0 Å². The Morgan fingerprint density at radius 3 is 1.23 bits per heavy atom. The zero-order chi connectivity index (χ0) is 15.2. The SMILES string of the molecule is CCCCCCCCCCCCCCCCCC1(O)OO1.[Fe]. The number of unbranched alkanes of at least 4 members (excludes halogenated alkanes) is 14. The van der Waals surface area contributed by atoms with Gasteiger partial charge in [0.2, 0.25) is 0 Å². The van der Waals surface area contributed by atoms with Crippen LogP contribution in [0.4, 0.5) is 0 Å². The van der Waals surface area contributed by atoms with Gasteiger partial charge in [0.25, 0.3) is 0 Å². The molecule has 0 bridgehead atoms. The molecule has 1 N–H and O–H groups in total. The van der Waals surface area contributed by atoms with Gasteiger partial charge in [-0.05, 0) is 6.42 Å². The van der Waals surface area contributed by atoms with E-state index in [1.54, 1.807) is 0 Å². The first kappa shape index (κ1) is 22.4. The molecule has 0 aliphatic carbocycles. The van der Waals surface area contributed by atoms with Crippen LogP contribution in [0.15, 0.2) is 0 Å². The van der Waals surface area contributed by atoms with Gasteiger partial charge < -0.3 is 5.11 Å². The molecule has 1 heterocycles. The number of aliphatic hydroxyl groups is 1. The van der Waals surface area contributed by atoms with Gasteiger partial charge in [0.15, 0.2) is 0 Å². The standard InChI is InChI=1S/C18H36O3.Fe/c1-2-3-4-5-6-7-8-9-10-11-12-13-14-15-16-17-18(19)20-21-18;/h19H,2-17H2,1H3;. The third kappa shape index (κ3) is 14.0. The molecule has 1 aliphatic rings. The van der Waals surface area contributed by atoms with E-state index < -0.39 is 5.97 Å². The quantitative estimate of drug-likeness (QED) is 0.163. The first-order valence-corrected chi connectivity index (χ1v) is 9.36. The second kappa shape index (κ2) is 15.0. The summed E-state index contributed by atoms with van der Waals surface area (Å²) >= 11 is 0. The molecular weight excluding hydrogens is 320 g/mol. The van der Waals surface area contributed by atoms with Gasteiger partial charge >= 0.3 is 5.97 Å². The van der Waals surface area contributed by atoms with Crippen LogP contribution in [-0.2, 0) is 26.8 Å². The van der Waals surface area contributed by atoms with E-state index in [-0.39, 0.29) is 17.1 Å². The summed E-state index contributed by atoms with van der Waals surface area (Å²) < 4.78 is 0. The molecule has 0 amide bonds. The second-order valence-electron chi connectivity index (χ2n) is 6.58. The van der Waals surface area contributed by atoms with Crippen LogP contribution in [0.5, 0.6) is 0 Å². The third-order valence-corrected chi connectivity index (χ3v) is 4.37. The summed E-state index contributed by atoms with van der Waals surface area (Å²) in [6.07, 6.45) is 21.0. The number of rotatable bonds is 16. The topological polar surface area (TPSA) is 45.3 Å². The van der Waals surface area contributed by atoms with Crippen LogP contribution in [-0.4, -0.2) is 11.1 Å². The van der Waals surface area contributed by atoms with Gasteiger partial charge in [-0.25, -0.2) is 0 Å². The van der Waals surface area contributed by atoms with E-state index in [1.807, 2.05) is 0 Å². The van der Waals surface area contributed by atoms with Crippen LogP contribution in [0.1, 0.15) is 110 Å². The fourth-order valence-electron chi connectivity index (χ4n) is 2.85. The van der Waals surface area contributed by atoms with Gasteiger partial charge in [-0.1, -0.05) is 96.8 Å². The summed E-state index contributed by atoms with van der Waals surface area (Å²) in [5.74, 6) is -1.21. The Morgan fingerprint density at radius 1 is 0.591 bits per heavy atom. The summed E-state index contributed by atoms with van der Waals surface area (Å²) in [5.41, 5.74) is 0. The molecule has 134 valence electrons. The molecule has 1 saturated heterocycles. The van der Waals surface area contributed by atoms with Crippen LogP contribution < -0.4 is 0 Å². The molecule has 0 aromatic carbocycles. The van der Waals surface area contributed by atoms with Crippen molar-refractivity contribution < 1.29 is 32.0 Å². The Kier molecular flexibility index (Phi) is 15.2. The molecule has 1 fully saturated rings. The first-order chi connectivity index (χ1) is 10.3. The third-order valence-electron chi connectivity index (χ3n) is 4.37. The van der Waals surface area contributed by atoms with Crippen LogP contribution in [0, 0.1) is 0 Å². The van der Waals surface area contributed by atoms with E-state index in [0.29, 0.717) is 6.42 Å². The summed E-state index contributed by atoms with van der Waals surface area (Å²) in [6.45, 7) is 2.28. The van der Waals surface area contributed by atoms with Gasteiger partial charge in [0, 0.05) is 23.5 Å². The fourth-order valence-corrected chi connectivity index (χ4v) is 2.85. The summed E-state index contributed by atoms with van der Waals surface area (Å²) in [7, 11) is 0. The van der Waals surface area contributed by atoms with Gasteiger partial charge in [-0.2, -0.15) is 9.78 Å². The van der Waals surface area contributed by atoms with Gasteiger partial charge in [-0.15, -0.1) is 0 Å². The normalized spacial score (nSPS) is 15.5. The average Bonchev–Trinajstić information content (AvgIpc) is 3.21. The number of hydrogen-bond donors (Lipinski definition) is 1. The molecule has 0 atom stereocenters. The second-order valence-corrected chi connectivity index (χ2v) is 6.58. The Morgan fingerprint density at radius 2 is 0.909 bits per heavy atom. The minimum absolute atomic E-state index is 0.